The first-order valence-corrected chi connectivity index (χ1v) is 7.36. The number of nitrogens with two attached hydrogens (primary N) is 1. The van der Waals surface area contributed by atoms with E-state index < -0.39 is 0 Å². The number of hydrogen-bond acceptors (Lipinski definition) is 3. The fourth-order valence-corrected chi connectivity index (χ4v) is 2.56. The molecule has 0 spiro atoms. The summed E-state index contributed by atoms with van der Waals surface area (Å²) >= 11 is 0. The minimum atomic E-state index is 0.313. The molecule has 0 aliphatic heterocycles. The standard InChI is InChI=1S/C15H25N5/c1-6-7-13-18-14(15(16)20(13)11(4)5)12-8-17-9-19(12)10(2)3/h8-11H,6-7,16H2,1-5H3. The molecule has 0 bridgehead atoms. The Morgan fingerprint density at radius 2 is 1.90 bits per heavy atom. The zero-order valence-electron chi connectivity index (χ0n) is 13.1. The molecule has 0 atom stereocenters. The van der Waals surface area contributed by atoms with Crippen molar-refractivity contribution in [3.63, 3.8) is 0 Å². The number of aromatic nitrogens is 4. The lowest BCUT2D eigenvalue weighted by Crippen LogP contribution is -2.09. The van der Waals surface area contributed by atoms with Gasteiger partial charge in [0, 0.05) is 18.5 Å². The lowest BCUT2D eigenvalue weighted by atomic mass is 10.3. The molecule has 110 valence electrons. The van der Waals surface area contributed by atoms with E-state index in [1.807, 2.05) is 12.5 Å². The van der Waals surface area contributed by atoms with Crippen LogP contribution < -0.4 is 5.73 Å². The normalized spacial score (nSPS) is 11.8. The van der Waals surface area contributed by atoms with Crippen molar-refractivity contribution in [2.24, 2.45) is 0 Å². The summed E-state index contributed by atoms with van der Waals surface area (Å²) in [6.07, 6.45) is 5.69. The van der Waals surface area contributed by atoms with Crippen molar-refractivity contribution in [1.82, 2.24) is 19.1 Å². The molecule has 5 nitrogen and oxygen atoms in total. The third-order valence-corrected chi connectivity index (χ3v) is 3.48. The van der Waals surface area contributed by atoms with E-state index in [4.69, 9.17) is 10.7 Å². The number of nitrogens with zero attached hydrogens (tertiary/aromatic N) is 4. The quantitative estimate of drug-likeness (QED) is 0.909. The first-order valence-electron chi connectivity index (χ1n) is 7.36. The van der Waals surface area contributed by atoms with Gasteiger partial charge in [-0.05, 0) is 34.1 Å². The second-order valence-corrected chi connectivity index (χ2v) is 5.76. The lowest BCUT2D eigenvalue weighted by molar-refractivity contribution is 0.571. The molecule has 20 heavy (non-hydrogen) atoms. The zero-order valence-corrected chi connectivity index (χ0v) is 13.1. The van der Waals surface area contributed by atoms with Crippen LogP contribution in [-0.4, -0.2) is 19.1 Å². The SMILES string of the molecule is CCCc1nc(-c2cncn2C(C)C)c(N)n1C(C)C. The zero-order chi connectivity index (χ0) is 14.9. The van der Waals surface area contributed by atoms with E-state index in [2.05, 4.69) is 48.7 Å². The summed E-state index contributed by atoms with van der Waals surface area (Å²) in [5, 5.41) is 0. The molecular weight excluding hydrogens is 250 g/mol. The van der Waals surface area contributed by atoms with Gasteiger partial charge >= 0.3 is 0 Å². The van der Waals surface area contributed by atoms with Crippen molar-refractivity contribution >= 4 is 5.82 Å². The maximum absolute atomic E-state index is 6.35. The second-order valence-electron chi connectivity index (χ2n) is 5.76. The molecule has 0 aromatic carbocycles. The van der Waals surface area contributed by atoms with Crippen molar-refractivity contribution in [3.05, 3.63) is 18.3 Å². The monoisotopic (exact) mass is 275 g/mol. The molecule has 2 heterocycles. The summed E-state index contributed by atoms with van der Waals surface area (Å²) < 4.78 is 4.25. The van der Waals surface area contributed by atoms with Gasteiger partial charge in [-0.25, -0.2) is 9.97 Å². The van der Waals surface area contributed by atoms with Gasteiger partial charge in [-0.2, -0.15) is 0 Å². The largest absolute Gasteiger partial charge is 0.383 e. The molecule has 2 N–H and O–H groups in total. The topological polar surface area (TPSA) is 61.7 Å². The molecule has 0 saturated heterocycles. The van der Waals surface area contributed by atoms with Crippen molar-refractivity contribution < 1.29 is 0 Å². The van der Waals surface area contributed by atoms with Crippen LogP contribution >= 0.6 is 0 Å². The van der Waals surface area contributed by atoms with Crippen molar-refractivity contribution in [1.29, 1.82) is 0 Å². The summed E-state index contributed by atoms with van der Waals surface area (Å²) in [6, 6.07) is 0.652. The summed E-state index contributed by atoms with van der Waals surface area (Å²) in [7, 11) is 0. The van der Waals surface area contributed by atoms with Gasteiger partial charge in [0.15, 0.2) is 0 Å². The second kappa shape index (κ2) is 5.69. The van der Waals surface area contributed by atoms with Crippen LogP contribution in [0, 0.1) is 0 Å². The van der Waals surface area contributed by atoms with Crippen molar-refractivity contribution in [2.75, 3.05) is 5.73 Å². The van der Waals surface area contributed by atoms with Crippen molar-refractivity contribution in [2.45, 2.75) is 59.5 Å². The van der Waals surface area contributed by atoms with Crippen LogP contribution in [0.2, 0.25) is 0 Å². The molecule has 0 saturated carbocycles. The smallest absolute Gasteiger partial charge is 0.133 e. The number of rotatable bonds is 5. The predicted octanol–water partition coefficient (Wildman–Crippen LogP) is 3.44. The minimum Gasteiger partial charge on any atom is -0.383 e. The van der Waals surface area contributed by atoms with Crippen LogP contribution in [0.25, 0.3) is 11.4 Å². The fourth-order valence-electron chi connectivity index (χ4n) is 2.56. The van der Waals surface area contributed by atoms with Crippen LogP contribution in [0.4, 0.5) is 5.82 Å². The summed E-state index contributed by atoms with van der Waals surface area (Å²) in [5.41, 5.74) is 8.20. The molecule has 0 radical (unpaired) electrons. The van der Waals surface area contributed by atoms with Crippen LogP contribution in [0.1, 0.15) is 58.9 Å². The molecule has 0 aliphatic carbocycles. The Morgan fingerprint density at radius 1 is 1.20 bits per heavy atom. The molecule has 5 heteroatoms. The highest BCUT2D eigenvalue weighted by atomic mass is 15.2. The van der Waals surface area contributed by atoms with Crippen LogP contribution in [-0.2, 0) is 6.42 Å². The number of anilines is 1. The maximum Gasteiger partial charge on any atom is 0.133 e. The molecule has 2 rings (SSSR count). The van der Waals surface area contributed by atoms with E-state index in [1.54, 1.807) is 0 Å². The van der Waals surface area contributed by atoms with Gasteiger partial charge in [-0.3, -0.25) is 0 Å². The third kappa shape index (κ3) is 2.44. The Kier molecular flexibility index (Phi) is 4.16. The number of hydrogen-bond donors (Lipinski definition) is 1. The summed E-state index contributed by atoms with van der Waals surface area (Å²) in [4.78, 5) is 9.03. The lowest BCUT2D eigenvalue weighted by Gasteiger charge is -2.14. The highest BCUT2D eigenvalue weighted by Gasteiger charge is 2.20. The van der Waals surface area contributed by atoms with E-state index in [0.29, 0.717) is 12.1 Å². The van der Waals surface area contributed by atoms with Gasteiger partial charge in [0.05, 0.1) is 18.2 Å². The Labute approximate surface area is 120 Å². The average molecular weight is 275 g/mol. The number of aryl methyl sites for hydroxylation is 1. The van der Waals surface area contributed by atoms with Gasteiger partial charge < -0.3 is 14.9 Å². The first kappa shape index (κ1) is 14.6. The number of nitrogen functional groups attached to an aromatic ring is 1. The molecule has 2 aromatic rings. The third-order valence-electron chi connectivity index (χ3n) is 3.48. The van der Waals surface area contributed by atoms with E-state index in [-0.39, 0.29) is 0 Å². The molecule has 0 amide bonds. The average Bonchev–Trinajstić information content (AvgIpc) is 2.94. The Morgan fingerprint density at radius 3 is 2.45 bits per heavy atom. The Bertz CT molecular complexity index is 577. The number of imidazole rings is 2. The highest BCUT2D eigenvalue weighted by molar-refractivity contribution is 5.68. The minimum absolute atomic E-state index is 0.313. The van der Waals surface area contributed by atoms with Gasteiger partial charge in [0.25, 0.3) is 0 Å². The van der Waals surface area contributed by atoms with E-state index in [1.165, 1.54) is 0 Å². The van der Waals surface area contributed by atoms with E-state index in [9.17, 15) is 0 Å². The maximum atomic E-state index is 6.35. The van der Waals surface area contributed by atoms with Gasteiger partial charge in [0.2, 0.25) is 0 Å². The molecule has 2 aromatic heterocycles. The van der Waals surface area contributed by atoms with Crippen LogP contribution in [0.3, 0.4) is 0 Å². The summed E-state index contributed by atoms with van der Waals surface area (Å²) in [5.74, 6) is 1.80. The molecule has 0 unspecified atom stereocenters. The van der Waals surface area contributed by atoms with E-state index in [0.717, 1.165) is 35.9 Å². The van der Waals surface area contributed by atoms with Gasteiger partial charge in [-0.15, -0.1) is 0 Å². The van der Waals surface area contributed by atoms with E-state index >= 15 is 0 Å². The van der Waals surface area contributed by atoms with Crippen LogP contribution in [0.5, 0.6) is 0 Å². The molecular formula is C15H25N5. The van der Waals surface area contributed by atoms with Gasteiger partial charge in [-0.1, -0.05) is 6.92 Å². The molecule has 0 fully saturated rings. The van der Waals surface area contributed by atoms with Gasteiger partial charge in [0.1, 0.15) is 17.3 Å². The highest BCUT2D eigenvalue weighted by Crippen LogP contribution is 2.30. The van der Waals surface area contributed by atoms with Crippen LogP contribution in [0.15, 0.2) is 12.5 Å². The predicted molar refractivity (Wildman–Crippen MR) is 82.6 cm³/mol. The van der Waals surface area contributed by atoms with Crippen molar-refractivity contribution in [3.8, 4) is 11.4 Å². The summed E-state index contributed by atoms with van der Waals surface area (Å²) in [6.45, 7) is 10.7. The molecule has 0 aliphatic rings. The fraction of sp³-hybridized carbons (Fsp3) is 0.600. The first-order chi connectivity index (χ1) is 9.47. The Balaban J connectivity index is 2.57. The Hall–Kier alpha value is -1.78.